The van der Waals surface area contributed by atoms with Crippen molar-refractivity contribution >= 4 is 23.4 Å². The Morgan fingerprint density at radius 3 is 2.35 bits per heavy atom. The number of likely N-dealkylation sites (tertiary alicyclic amines) is 1. The Bertz CT molecular complexity index is 1740. The number of nitrogens with zero attached hydrogens (tertiary/aromatic N) is 3. The molecule has 2 heterocycles. The predicted octanol–water partition coefficient (Wildman–Crippen LogP) is 6.64. The van der Waals surface area contributed by atoms with Crippen LogP contribution in [0.3, 0.4) is 0 Å². The van der Waals surface area contributed by atoms with Gasteiger partial charge in [-0.3, -0.25) is 19.4 Å². The highest BCUT2D eigenvalue weighted by Crippen LogP contribution is 2.27. The number of carbonyl (C=O) groups is 3. The SMILES string of the molecule is Cc1ccc(NC(=O)c2ccc(CNC(=O)c3ccccc3OCc3ccccc3)nc2)c(OCCCCCC(=O)N2CCC(N(C)C)CC2)c1. The number of carbonyl (C=O) groups excluding carboxylic acids is 3. The summed E-state index contributed by atoms with van der Waals surface area (Å²) in [5, 5.41) is 5.84. The van der Waals surface area contributed by atoms with Crippen LogP contribution in [0.5, 0.6) is 11.5 Å². The van der Waals surface area contributed by atoms with E-state index in [0.717, 1.165) is 56.3 Å². The number of piperidine rings is 1. The lowest BCUT2D eigenvalue weighted by Gasteiger charge is -2.35. The van der Waals surface area contributed by atoms with E-state index in [9.17, 15) is 14.4 Å². The van der Waals surface area contributed by atoms with Gasteiger partial charge in [0.2, 0.25) is 5.91 Å². The fraction of sp³-hybridized carbons (Fsp3) is 0.366. The van der Waals surface area contributed by atoms with Crippen LogP contribution in [-0.4, -0.2) is 72.3 Å². The number of benzene rings is 3. The molecule has 4 aromatic rings. The van der Waals surface area contributed by atoms with Crippen LogP contribution in [0.2, 0.25) is 0 Å². The maximum atomic E-state index is 13.1. The molecule has 0 bridgehead atoms. The van der Waals surface area contributed by atoms with Crippen LogP contribution < -0.4 is 20.1 Å². The molecule has 1 aliphatic heterocycles. The summed E-state index contributed by atoms with van der Waals surface area (Å²) in [7, 11) is 4.21. The number of rotatable bonds is 16. The van der Waals surface area contributed by atoms with E-state index in [-0.39, 0.29) is 24.3 Å². The first-order chi connectivity index (χ1) is 24.8. The Hall–Kier alpha value is -5.22. The first-order valence-corrected chi connectivity index (χ1v) is 17.7. The van der Waals surface area contributed by atoms with Gasteiger partial charge < -0.3 is 29.9 Å². The fourth-order valence-corrected chi connectivity index (χ4v) is 6.02. The number of pyridine rings is 1. The summed E-state index contributed by atoms with van der Waals surface area (Å²) in [4.78, 5) is 47.5. The molecule has 1 saturated heterocycles. The second kappa shape index (κ2) is 18.7. The zero-order chi connectivity index (χ0) is 36.0. The number of nitrogens with one attached hydrogen (secondary N) is 2. The molecule has 10 nitrogen and oxygen atoms in total. The van der Waals surface area contributed by atoms with Crippen LogP contribution >= 0.6 is 0 Å². The summed E-state index contributed by atoms with van der Waals surface area (Å²) in [5.41, 5.74) is 4.03. The van der Waals surface area contributed by atoms with Crippen molar-refractivity contribution in [3.63, 3.8) is 0 Å². The number of para-hydroxylation sites is 1. The van der Waals surface area contributed by atoms with E-state index in [1.54, 1.807) is 30.3 Å². The number of hydrogen-bond acceptors (Lipinski definition) is 7. The molecule has 0 aliphatic carbocycles. The molecule has 5 rings (SSSR count). The molecule has 268 valence electrons. The van der Waals surface area contributed by atoms with E-state index in [1.807, 2.05) is 66.4 Å². The lowest BCUT2D eigenvalue weighted by atomic mass is 10.0. The number of aromatic nitrogens is 1. The van der Waals surface area contributed by atoms with Crippen LogP contribution in [0.4, 0.5) is 5.69 Å². The highest BCUT2D eigenvalue weighted by atomic mass is 16.5. The van der Waals surface area contributed by atoms with Crippen molar-refractivity contribution < 1.29 is 23.9 Å². The molecule has 0 radical (unpaired) electrons. The molecule has 10 heteroatoms. The van der Waals surface area contributed by atoms with E-state index in [2.05, 4.69) is 34.6 Å². The van der Waals surface area contributed by atoms with Crippen molar-refractivity contribution in [2.45, 2.75) is 64.6 Å². The first-order valence-electron chi connectivity index (χ1n) is 17.7. The van der Waals surface area contributed by atoms with E-state index < -0.39 is 0 Å². The second-order valence-electron chi connectivity index (χ2n) is 13.2. The number of unbranched alkanes of at least 4 members (excludes halogenated alkanes) is 2. The Balaban J connectivity index is 1.05. The third-order valence-electron chi connectivity index (χ3n) is 9.11. The van der Waals surface area contributed by atoms with Crippen LogP contribution in [0.25, 0.3) is 0 Å². The summed E-state index contributed by atoms with van der Waals surface area (Å²) in [5.74, 6) is 0.748. The molecular formula is C41H49N5O5. The Morgan fingerprint density at radius 2 is 1.61 bits per heavy atom. The van der Waals surface area contributed by atoms with Gasteiger partial charge in [0.25, 0.3) is 11.8 Å². The summed E-state index contributed by atoms with van der Waals surface area (Å²) in [6, 6.07) is 26.5. The van der Waals surface area contributed by atoms with Gasteiger partial charge >= 0.3 is 0 Å². The molecular weight excluding hydrogens is 642 g/mol. The van der Waals surface area contributed by atoms with E-state index in [1.165, 1.54) is 6.20 Å². The Morgan fingerprint density at radius 1 is 0.843 bits per heavy atom. The van der Waals surface area contributed by atoms with Gasteiger partial charge in [-0.25, -0.2) is 0 Å². The molecule has 1 fully saturated rings. The molecule has 1 aliphatic rings. The van der Waals surface area contributed by atoms with Crippen molar-refractivity contribution in [2.24, 2.45) is 0 Å². The summed E-state index contributed by atoms with van der Waals surface area (Å²) in [6.07, 6.45) is 6.66. The molecule has 0 saturated carbocycles. The minimum atomic E-state index is -0.315. The Kier molecular flexibility index (Phi) is 13.6. The van der Waals surface area contributed by atoms with Crippen molar-refractivity contribution in [2.75, 3.05) is 39.1 Å². The molecule has 0 atom stereocenters. The lowest BCUT2D eigenvalue weighted by molar-refractivity contribution is -0.132. The van der Waals surface area contributed by atoms with Crippen LogP contribution in [0.15, 0.2) is 91.1 Å². The Labute approximate surface area is 301 Å². The van der Waals surface area contributed by atoms with Crippen molar-refractivity contribution in [3.05, 3.63) is 119 Å². The number of amides is 3. The lowest BCUT2D eigenvalue weighted by Crippen LogP contribution is -2.44. The zero-order valence-corrected chi connectivity index (χ0v) is 29.9. The topological polar surface area (TPSA) is 113 Å². The molecule has 51 heavy (non-hydrogen) atoms. The van der Waals surface area contributed by atoms with Gasteiger partial charge in [-0.1, -0.05) is 48.5 Å². The molecule has 0 unspecified atom stereocenters. The van der Waals surface area contributed by atoms with Gasteiger partial charge in [-0.05, 0) is 101 Å². The van der Waals surface area contributed by atoms with Gasteiger partial charge in [0.1, 0.15) is 18.1 Å². The van der Waals surface area contributed by atoms with Crippen molar-refractivity contribution in [3.8, 4) is 11.5 Å². The summed E-state index contributed by atoms with van der Waals surface area (Å²) < 4.78 is 12.0. The number of ether oxygens (including phenoxy) is 2. The predicted molar refractivity (Wildman–Crippen MR) is 199 cm³/mol. The quantitative estimate of drug-likeness (QED) is 0.127. The average Bonchev–Trinajstić information content (AvgIpc) is 3.16. The largest absolute Gasteiger partial charge is 0.491 e. The monoisotopic (exact) mass is 691 g/mol. The van der Waals surface area contributed by atoms with E-state index in [0.29, 0.717) is 59.7 Å². The van der Waals surface area contributed by atoms with Gasteiger partial charge in [0.05, 0.1) is 35.7 Å². The normalized spacial score (nSPS) is 13.1. The molecule has 3 aromatic carbocycles. The number of anilines is 1. The van der Waals surface area contributed by atoms with Crippen LogP contribution in [-0.2, 0) is 17.9 Å². The third-order valence-corrected chi connectivity index (χ3v) is 9.11. The van der Waals surface area contributed by atoms with E-state index in [4.69, 9.17) is 9.47 Å². The first kappa shape index (κ1) is 37.0. The van der Waals surface area contributed by atoms with Crippen LogP contribution in [0, 0.1) is 6.92 Å². The minimum absolute atomic E-state index is 0.188. The average molecular weight is 692 g/mol. The van der Waals surface area contributed by atoms with Crippen LogP contribution in [0.1, 0.15) is 76.1 Å². The molecule has 3 amide bonds. The van der Waals surface area contributed by atoms with Crippen molar-refractivity contribution in [1.82, 2.24) is 20.1 Å². The molecule has 1 aromatic heterocycles. The highest BCUT2D eigenvalue weighted by molar-refractivity contribution is 6.04. The smallest absolute Gasteiger partial charge is 0.257 e. The second-order valence-corrected chi connectivity index (χ2v) is 13.2. The zero-order valence-electron chi connectivity index (χ0n) is 29.9. The van der Waals surface area contributed by atoms with Gasteiger partial charge in [-0.2, -0.15) is 0 Å². The number of hydrogen-bond donors (Lipinski definition) is 2. The minimum Gasteiger partial charge on any atom is -0.491 e. The van der Waals surface area contributed by atoms with Gasteiger partial charge in [-0.15, -0.1) is 0 Å². The maximum absolute atomic E-state index is 13.1. The summed E-state index contributed by atoms with van der Waals surface area (Å²) in [6.45, 7) is 4.68. The number of aryl methyl sites for hydroxylation is 1. The van der Waals surface area contributed by atoms with Gasteiger partial charge in [0.15, 0.2) is 0 Å². The maximum Gasteiger partial charge on any atom is 0.257 e. The van der Waals surface area contributed by atoms with E-state index >= 15 is 0 Å². The van der Waals surface area contributed by atoms with Gasteiger partial charge in [0, 0.05) is 31.7 Å². The molecule has 2 N–H and O–H groups in total. The summed E-state index contributed by atoms with van der Waals surface area (Å²) >= 11 is 0. The third kappa shape index (κ3) is 11.1. The molecule has 0 spiro atoms. The highest BCUT2D eigenvalue weighted by Gasteiger charge is 2.23. The standard InChI is InChI=1S/C41H49N5O5/c1-30-17-20-36(38(26-30)50-25-11-5-8-16-39(47)46-23-21-34(22-24-46)45(2)3)44-40(48)32-18-19-33(42-27-32)28-43-41(49)35-14-9-10-15-37(35)51-29-31-12-6-4-7-13-31/h4,6-7,9-10,12-15,17-20,26-27,34H,5,8,11,16,21-25,28-29H2,1-3H3,(H,43,49)(H,44,48). The fourth-order valence-electron chi connectivity index (χ4n) is 6.02. The van der Waals surface area contributed by atoms with Crippen molar-refractivity contribution in [1.29, 1.82) is 0 Å².